The molecule has 7 heteroatoms. The highest BCUT2D eigenvalue weighted by Crippen LogP contribution is 2.40. The third-order valence-corrected chi connectivity index (χ3v) is 6.38. The average molecular weight is 357 g/mol. The summed E-state index contributed by atoms with van der Waals surface area (Å²) < 4.78 is 0. The molecule has 2 amide bonds. The number of carbonyl (C=O) groups excluding carboxylic acids is 2. The van der Waals surface area contributed by atoms with Crippen molar-refractivity contribution in [2.24, 2.45) is 5.41 Å². The number of piperidine rings is 2. The van der Waals surface area contributed by atoms with Crippen LogP contribution in [0.3, 0.4) is 0 Å². The van der Waals surface area contributed by atoms with Gasteiger partial charge in [0.1, 0.15) is 5.69 Å². The number of aromatic nitrogens is 2. The van der Waals surface area contributed by atoms with Gasteiger partial charge in [0.05, 0.1) is 0 Å². The molecule has 0 saturated carbocycles. The Morgan fingerprint density at radius 3 is 2.54 bits per heavy atom. The highest BCUT2D eigenvalue weighted by Gasteiger charge is 2.41. The Bertz CT molecular complexity index is 740. The number of amides is 2. The van der Waals surface area contributed by atoms with E-state index in [9.17, 15) is 9.59 Å². The highest BCUT2D eigenvalue weighted by atomic mass is 16.2. The molecular weight excluding hydrogens is 330 g/mol. The van der Waals surface area contributed by atoms with Crippen LogP contribution in [0, 0.1) is 5.41 Å². The van der Waals surface area contributed by atoms with E-state index in [2.05, 4.69) is 9.97 Å². The van der Waals surface area contributed by atoms with Crippen molar-refractivity contribution in [3.63, 3.8) is 0 Å². The van der Waals surface area contributed by atoms with Gasteiger partial charge in [-0.15, -0.1) is 0 Å². The Balaban J connectivity index is 1.49. The van der Waals surface area contributed by atoms with Gasteiger partial charge in [-0.05, 0) is 50.4 Å². The molecular formula is C19H27N5O2. The Morgan fingerprint density at radius 2 is 1.81 bits per heavy atom. The van der Waals surface area contributed by atoms with Gasteiger partial charge in [0.25, 0.3) is 5.91 Å². The first-order valence-corrected chi connectivity index (χ1v) is 9.66. The maximum Gasteiger partial charge on any atom is 0.272 e. The quantitative estimate of drug-likeness (QED) is 0.820. The van der Waals surface area contributed by atoms with Crippen molar-refractivity contribution in [1.29, 1.82) is 0 Å². The number of nitrogens with zero attached hydrogens (tertiary/aromatic N) is 4. The second-order valence-corrected chi connectivity index (χ2v) is 8.10. The first-order valence-electron chi connectivity index (χ1n) is 9.66. The highest BCUT2D eigenvalue weighted by molar-refractivity contribution is 5.94. The minimum Gasteiger partial charge on any atom is -0.368 e. The van der Waals surface area contributed by atoms with Gasteiger partial charge in [-0.1, -0.05) is 0 Å². The molecule has 0 atom stereocenters. The summed E-state index contributed by atoms with van der Waals surface area (Å²) in [7, 11) is 1.89. The van der Waals surface area contributed by atoms with Gasteiger partial charge in [-0.2, -0.15) is 0 Å². The molecule has 1 spiro atoms. The van der Waals surface area contributed by atoms with Crippen molar-refractivity contribution in [3.8, 4) is 0 Å². The zero-order chi connectivity index (χ0) is 18.3. The summed E-state index contributed by atoms with van der Waals surface area (Å²) in [5.74, 6) is 0.430. The molecule has 0 bridgehead atoms. The van der Waals surface area contributed by atoms with E-state index in [1.807, 2.05) is 16.8 Å². The summed E-state index contributed by atoms with van der Waals surface area (Å²) >= 11 is 0. The van der Waals surface area contributed by atoms with E-state index in [0.29, 0.717) is 12.1 Å². The molecule has 1 aromatic heterocycles. The Kier molecular flexibility index (Phi) is 4.32. The smallest absolute Gasteiger partial charge is 0.272 e. The van der Waals surface area contributed by atoms with Crippen molar-refractivity contribution >= 4 is 17.8 Å². The van der Waals surface area contributed by atoms with Gasteiger partial charge in [0.15, 0.2) is 0 Å². The van der Waals surface area contributed by atoms with Crippen LogP contribution in [-0.2, 0) is 17.6 Å². The molecule has 0 aromatic carbocycles. The number of likely N-dealkylation sites (tertiary alicyclic amines) is 2. The molecule has 0 radical (unpaired) electrons. The number of fused-ring (bicyclic) bond motifs is 1. The fourth-order valence-electron chi connectivity index (χ4n) is 4.77. The summed E-state index contributed by atoms with van der Waals surface area (Å²) in [4.78, 5) is 37.3. The van der Waals surface area contributed by atoms with Crippen molar-refractivity contribution in [3.05, 3.63) is 17.0 Å². The summed E-state index contributed by atoms with van der Waals surface area (Å²) in [6.07, 6.45) is 7.36. The SMILES string of the molecule is CN1CC2(CCC1=O)CCN(C(=O)c1nc(N)nc3c1CCCC3)CC2. The predicted molar refractivity (Wildman–Crippen MR) is 97.5 cm³/mol. The van der Waals surface area contributed by atoms with Crippen LogP contribution in [0.2, 0.25) is 0 Å². The second kappa shape index (κ2) is 6.52. The van der Waals surface area contributed by atoms with Crippen LogP contribution in [0.5, 0.6) is 0 Å². The van der Waals surface area contributed by atoms with Gasteiger partial charge < -0.3 is 15.5 Å². The molecule has 4 rings (SSSR count). The maximum absolute atomic E-state index is 13.1. The molecule has 26 heavy (non-hydrogen) atoms. The van der Waals surface area contributed by atoms with Crippen LogP contribution in [0.4, 0.5) is 5.95 Å². The fraction of sp³-hybridized carbons (Fsp3) is 0.684. The third kappa shape index (κ3) is 3.04. The molecule has 2 aliphatic heterocycles. The largest absolute Gasteiger partial charge is 0.368 e. The number of aryl methyl sites for hydroxylation is 1. The van der Waals surface area contributed by atoms with E-state index in [1.165, 1.54) is 0 Å². The van der Waals surface area contributed by atoms with E-state index in [1.54, 1.807) is 0 Å². The fourth-order valence-corrected chi connectivity index (χ4v) is 4.77. The first kappa shape index (κ1) is 17.2. The number of carbonyl (C=O) groups is 2. The number of nitrogen functional groups attached to an aromatic ring is 1. The van der Waals surface area contributed by atoms with E-state index < -0.39 is 0 Å². The van der Waals surface area contributed by atoms with E-state index in [4.69, 9.17) is 5.73 Å². The lowest BCUT2D eigenvalue weighted by atomic mass is 9.72. The number of anilines is 1. The van der Waals surface area contributed by atoms with Crippen LogP contribution >= 0.6 is 0 Å². The predicted octanol–water partition coefficient (Wildman–Crippen LogP) is 1.41. The van der Waals surface area contributed by atoms with E-state index in [-0.39, 0.29) is 23.2 Å². The Hall–Kier alpha value is -2.18. The topological polar surface area (TPSA) is 92.4 Å². The van der Waals surface area contributed by atoms with Gasteiger partial charge in [0.2, 0.25) is 11.9 Å². The van der Waals surface area contributed by atoms with Crippen molar-refractivity contribution < 1.29 is 9.59 Å². The minimum atomic E-state index is -0.00709. The molecule has 140 valence electrons. The molecule has 1 aliphatic carbocycles. The van der Waals surface area contributed by atoms with Gasteiger partial charge in [0, 0.05) is 44.4 Å². The van der Waals surface area contributed by atoms with Gasteiger partial charge >= 0.3 is 0 Å². The molecule has 2 N–H and O–H groups in total. The first-order chi connectivity index (χ1) is 12.5. The third-order valence-electron chi connectivity index (χ3n) is 6.38. The van der Waals surface area contributed by atoms with Crippen LogP contribution in [0.15, 0.2) is 0 Å². The van der Waals surface area contributed by atoms with Crippen LogP contribution in [-0.4, -0.2) is 58.3 Å². The lowest BCUT2D eigenvalue weighted by Crippen LogP contribution is -2.51. The number of hydrogen-bond acceptors (Lipinski definition) is 5. The van der Waals surface area contributed by atoms with Crippen LogP contribution in [0.1, 0.15) is 60.3 Å². The van der Waals surface area contributed by atoms with Gasteiger partial charge in [-0.25, -0.2) is 9.97 Å². The average Bonchev–Trinajstić information content (AvgIpc) is 2.64. The lowest BCUT2D eigenvalue weighted by molar-refractivity contribution is -0.137. The molecule has 3 heterocycles. The summed E-state index contributed by atoms with van der Waals surface area (Å²) in [5, 5.41) is 0. The molecule has 2 fully saturated rings. The van der Waals surface area contributed by atoms with E-state index >= 15 is 0 Å². The number of rotatable bonds is 1. The zero-order valence-corrected chi connectivity index (χ0v) is 15.5. The molecule has 0 unspecified atom stereocenters. The second-order valence-electron chi connectivity index (χ2n) is 8.10. The van der Waals surface area contributed by atoms with Crippen molar-refractivity contribution in [1.82, 2.24) is 19.8 Å². The van der Waals surface area contributed by atoms with Crippen LogP contribution < -0.4 is 5.73 Å². The number of hydrogen-bond donors (Lipinski definition) is 1. The lowest BCUT2D eigenvalue weighted by Gasteiger charge is -2.46. The molecule has 3 aliphatic rings. The van der Waals surface area contributed by atoms with Crippen molar-refractivity contribution in [2.45, 2.75) is 51.4 Å². The summed E-state index contributed by atoms with van der Waals surface area (Å²) in [5.41, 5.74) is 8.49. The molecule has 1 aromatic rings. The summed E-state index contributed by atoms with van der Waals surface area (Å²) in [6, 6.07) is 0. The van der Waals surface area contributed by atoms with Crippen LogP contribution in [0.25, 0.3) is 0 Å². The number of nitrogens with two attached hydrogens (primary N) is 1. The monoisotopic (exact) mass is 357 g/mol. The summed E-state index contributed by atoms with van der Waals surface area (Å²) in [6.45, 7) is 2.25. The van der Waals surface area contributed by atoms with Crippen molar-refractivity contribution in [2.75, 3.05) is 32.4 Å². The zero-order valence-electron chi connectivity index (χ0n) is 15.5. The Morgan fingerprint density at radius 1 is 1.08 bits per heavy atom. The van der Waals surface area contributed by atoms with Gasteiger partial charge in [-0.3, -0.25) is 9.59 Å². The standard InChI is InChI=1S/C19H27N5O2/c1-23-12-19(7-6-15(23)25)8-10-24(11-9-19)17(26)16-13-4-2-3-5-14(13)21-18(20)22-16/h2-12H2,1H3,(H2,20,21,22). The normalized spacial score (nSPS) is 22.4. The minimum absolute atomic E-state index is 0.00709. The molecule has 2 saturated heterocycles. The Labute approximate surface area is 154 Å². The van der Waals surface area contributed by atoms with E-state index in [0.717, 1.165) is 75.8 Å². The molecule has 7 nitrogen and oxygen atoms in total. The maximum atomic E-state index is 13.1.